The van der Waals surface area contributed by atoms with Crippen molar-refractivity contribution in [2.75, 3.05) is 13.6 Å². The van der Waals surface area contributed by atoms with Crippen LogP contribution in [0.1, 0.15) is 46.7 Å². The molecule has 2 heterocycles. The van der Waals surface area contributed by atoms with Crippen LogP contribution >= 0.6 is 0 Å². The number of carbonyl (C=O) groups excluding carboxylic acids is 1. The normalized spacial score (nSPS) is 13.2. The Labute approximate surface area is 172 Å². The van der Waals surface area contributed by atoms with Crippen molar-refractivity contribution in [3.05, 3.63) is 71.2 Å². The van der Waals surface area contributed by atoms with Gasteiger partial charge in [0.25, 0.3) is 5.91 Å². The number of benzene rings is 1. The van der Waals surface area contributed by atoms with Gasteiger partial charge in [-0.3, -0.25) is 9.48 Å². The molecule has 4 rings (SSSR count). The fourth-order valence-corrected chi connectivity index (χ4v) is 4.02. The van der Waals surface area contributed by atoms with Crippen LogP contribution in [0.2, 0.25) is 0 Å². The van der Waals surface area contributed by atoms with Crippen molar-refractivity contribution in [3.63, 3.8) is 0 Å². The van der Waals surface area contributed by atoms with E-state index in [-0.39, 0.29) is 5.91 Å². The van der Waals surface area contributed by atoms with E-state index in [1.807, 2.05) is 43.0 Å². The van der Waals surface area contributed by atoms with E-state index >= 15 is 0 Å². The van der Waals surface area contributed by atoms with E-state index in [0.29, 0.717) is 12.2 Å². The molecule has 1 aliphatic rings. The zero-order valence-corrected chi connectivity index (χ0v) is 17.3. The number of hydrogen-bond donors (Lipinski definition) is 0. The fourth-order valence-electron chi connectivity index (χ4n) is 4.02. The van der Waals surface area contributed by atoms with Crippen molar-refractivity contribution >= 4 is 5.91 Å². The van der Waals surface area contributed by atoms with Crippen LogP contribution in [0.15, 0.2) is 48.5 Å². The number of pyridine rings is 1. The molecule has 0 saturated heterocycles. The van der Waals surface area contributed by atoms with E-state index in [4.69, 9.17) is 0 Å². The summed E-state index contributed by atoms with van der Waals surface area (Å²) < 4.78 is 1.93. The molecule has 0 radical (unpaired) electrons. The second-order valence-corrected chi connectivity index (χ2v) is 7.85. The molecule has 0 bridgehead atoms. The van der Waals surface area contributed by atoms with Gasteiger partial charge in [-0.2, -0.15) is 5.10 Å². The first-order valence-corrected chi connectivity index (χ1v) is 10.4. The van der Waals surface area contributed by atoms with Gasteiger partial charge in [0.2, 0.25) is 0 Å². The number of fused-ring (bicyclic) bond motifs is 1. The summed E-state index contributed by atoms with van der Waals surface area (Å²) in [5, 5.41) is 4.64. The van der Waals surface area contributed by atoms with Crippen LogP contribution in [0, 0.1) is 0 Å². The Morgan fingerprint density at radius 1 is 1.10 bits per heavy atom. The van der Waals surface area contributed by atoms with Gasteiger partial charge in [-0.05, 0) is 61.8 Å². The molecule has 0 N–H and O–H groups in total. The van der Waals surface area contributed by atoms with Crippen molar-refractivity contribution in [3.8, 4) is 11.3 Å². The van der Waals surface area contributed by atoms with Crippen LogP contribution in [0.4, 0.5) is 0 Å². The lowest BCUT2D eigenvalue weighted by atomic mass is 9.96. The molecule has 5 heteroatoms. The lowest BCUT2D eigenvalue weighted by Gasteiger charge is -2.19. The maximum absolute atomic E-state index is 12.8. The van der Waals surface area contributed by atoms with Crippen LogP contribution in [0.3, 0.4) is 0 Å². The minimum atomic E-state index is 0.00405. The van der Waals surface area contributed by atoms with E-state index in [1.54, 1.807) is 4.90 Å². The van der Waals surface area contributed by atoms with Crippen LogP contribution < -0.4 is 0 Å². The van der Waals surface area contributed by atoms with Gasteiger partial charge in [0.05, 0.1) is 11.4 Å². The van der Waals surface area contributed by atoms with Gasteiger partial charge in [0.15, 0.2) is 0 Å². The molecule has 2 aromatic heterocycles. The van der Waals surface area contributed by atoms with Crippen LogP contribution in [0.5, 0.6) is 0 Å². The van der Waals surface area contributed by atoms with Crippen LogP contribution in [-0.4, -0.2) is 39.2 Å². The highest BCUT2D eigenvalue weighted by atomic mass is 16.2. The highest BCUT2D eigenvalue weighted by Gasteiger charge is 2.17. The molecular weight excluding hydrogens is 360 g/mol. The maximum atomic E-state index is 12.8. The Balaban J connectivity index is 1.34. The van der Waals surface area contributed by atoms with Crippen LogP contribution in [-0.2, 0) is 26.3 Å². The molecule has 1 aromatic carbocycles. The number of aromatic nitrogens is 3. The highest BCUT2D eigenvalue weighted by Crippen LogP contribution is 2.21. The zero-order chi connectivity index (χ0) is 20.2. The molecule has 29 heavy (non-hydrogen) atoms. The SMILES string of the molecule is CN(CCCc1cc(-c2ccccc2)n(C)n1)C(=O)c1ccc2c(n1)CCCC2. The summed E-state index contributed by atoms with van der Waals surface area (Å²) in [6, 6.07) is 16.4. The lowest BCUT2D eigenvalue weighted by molar-refractivity contribution is 0.0787. The second-order valence-electron chi connectivity index (χ2n) is 7.85. The smallest absolute Gasteiger partial charge is 0.272 e. The Bertz CT molecular complexity index is 993. The number of hydrogen-bond acceptors (Lipinski definition) is 3. The molecule has 0 unspecified atom stereocenters. The number of carbonyl (C=O) groups is 1. The predicted molar refractivity (Wildman–Crippen MR) is 115 cm³/mol. The summed E-state index contributed by atoms with van der Waals surface area (Å²) >= 11 is 0. The molecule has 1 aliphatic carbocycles. The predicted octanol–water partition coefficient (Wildman–Crippen LogP) is 4.07. The van der Waals surface area contributed by atoms with Gasteiger partial charge in [-0.25, -0.2) is 4.98 Å². The molecule has 150 valence electrons. The average Bonchev–Trinajstić information content (AvgIpc) is 3.13. The van der Waals surface area contributed by atoms with Gasteiger partial charge >= 0.3 is 0 Å². The molecule has 0 saturated carbocycles. The van der Waals surface area contributed by atoms with E-state index in [0.717, 1.165) is 42.8 Å². The molecular formula is C24H28N4O. The third kappa shape index (κ3) is 4.39. The van der Waals surface area contributed by atoms with Crippen molar-refractivity contribution in [2.24, 2.45) is 7.05 Å². The summed E-state index contributed by atoms with van der Waals surface area (Å²) in [5.41, 5.74) is 6.32. The number of nitrogens with zero attached hydrogens (tertiary/aromatic N) is 4. The fraction of sp³-hybridized carbons (Fsp3) is 0.375. The molecule has 1 amide bonds. The Kier molecular flexibility index (Phi) is 5.74. The molecule has 5 nitrogen and oxygen atoms in total. The summed E-state index contributed by atoms with van der Waals surface area (Å²) in [7, 11) is 3.83. The van der Waals surface area contributed by atoms with Crippen LogP contribution in [0.25, 0.3) is 11.3 Å². The quantitative estimate of drug-likeness (QED) is 0.640. The summed E-state index contributed by atoms with van der Waals surface area (Å²) in [6.45, 7) is 0.689. The number of rotatable bonds is 6. The van der Waals surface area contributed by atoms with Gasteiger partial charge in [-0.1, -0.05) is 36.4 Å². The Hall–Kier alpha value is -2.95. The maximum Gasteiger partial charge on any atom is 0.272 e. The molecule has 0 atom stereocenters. The first-order chi connectivity index (χ1) is 14.1. The minimum absolute atomic E-state index is 0.00405. The highest BCUT2D eigenvalue weighted by molar-refractivity contribution is 5.92. The van der Waals surface area contributed by atoms with Gasteiger partial charge in [0.1, 0.15) is 5.69 Å². The number of aryl methyl sites for hydroxylation is 4. The molecule has 3 aromatic rings. The molecule has 0 fully saturated rings. The van der Waals surface area contributed by atoms with E-state index in [9.17, 15) is 4.79 Å². The van der Waals surface area contributed by atoms with E-state index in [2.05, 4.69) is 34.3 Å². The second kappa shape index (κ2) is 8.60. The zero-order valence-electron chi connectivity index (χ0n) is 17.3. The summed E-state index contributed by atoms with van der Waals surface area (Å²) in [6.07, 6.45) is 6.18. The van der Waals surface area contributed by atoms with Crippen molar-refractivity contribution < 1.29 is 4.79 Å². The lowest BCUT2D eigenvalue weighted by Crippen LogP contribution is -2.29. The Morgan fingerprint density at radius 2 is 1.90 bits per heavy atom. The first-order valence-electron chi connectivity index (χ1n) is 10.4. The third-order valence-corrected chi connectivity index (χ3v) is 5.67. The van der Waals surface area contributed by atoms with Crippen molar-refractivity contribution in [1.82, 2.24) is 19.7 Å². The van der Waals surface area contributed by atoms with Gasteiger partial charge in [0, 0.05) is 26.3 Å². The van der Waals surface area contributed by atoms with E-state index in [1.165, 1.54) is 24.0 Å². The number of amides is 1. The van der Waals surface area contributed by atoms with Gasteiger partial charge < -0.3 is 4.90 Å². The summed E-state index contributed by atoms with van der Waals surface area (Å²) in [4.78, 5) is 19.2. The average molecular weight is 389 g/mol. The van der Waals surface area contributed by atoms with E-state index < -0.39 is 0 Å². The molecule has 0 aliphatic heterocycles. The largest absolute Gasteiger partial charge is 0.340 e. The minimum Gasteiger partial charge on any atom is -0.340 e. The third-order valence-electron chi connectivity index (χ3n) is 5.67. The topological polar surface area (TPSA) is 51.0 Å². The van der Waals surface area contributed by atoms with Gasteiger partial charge in [-0.15, -0.1) is 0 Å². The summed E-state index contributed by atoms with van der Waals surface area (Å²) in [5.74, 6) is 0.00405. The first kappa shape index (κ1) is 19.4. The monoisotopic (exact) mass is 388 g/mol. The molecule has 0 spiro atoms. The van der Waals surface area contributed by atoms with Crippen molar-refractivity contribution in [1.29, 1.82) is 0 Å². The standard InChI is InChI=1S/C24H28N4O/c1-27(24(29)22-15-14-18-9-6-7-13-21(18)25-22)16-8-12-20-17-23(28(2)26-20)19-10-4-3-5-11-19/h3-5,10-11,14-15,17H,6-9,12-13,16H2,1-2H3. The Morgan fingerprint density at radius 3 is 2.72 bits per heavy atom. The van der Waals surface area contributed by atoms with Crippen molar-refractivity contribution in [2.45, 2.75) is 38.5 Å².